The van der Waals surface area contributed by atoms with Crippen molar-refractivity contribution >= 4 is 33.4 Å². The number of H-pyrrole nitrogens is 2. The highest BCUT2D eigenvalue weighted by Crippen LogP contribution is 2.29. The summed E-state index contributed by atoms with van der Waals surface area (Å²) >= 11 is 6.14. The summed E-state index contributed by atoms with van der Waals surface area (Å²) in [6.45, 7) is 1.96. The molecule has 0 bridgehead atoms. The molecule has 1 aromatic carbocycles. The maximum atomic E-state index is 11.4. The van der Waals surface area contributed by atoms with Crippen molar-refractivity contribution in [3.05, 3.63) is 39.3 Å². The fourth-order valence-electron chi connectivity index (χ4n) is 1.89. The standard InChI is InChI=1S/C11H8ClN3O/c1-5-2-3-7(12)8-9(5)13-4-6-10(8)14-15-11(6)16/h2-4H,1H3,(H2,14,15,16). The third-order valence-corrected chi connectivity index (χ3v) is 3.03. The van der Waals surface area contributed by atoms with E-state index in [2.05, 4.69) is 15.2 Å². The molecule has 0 aliphatic rings. The molecule has 0 fully saturated rings. The van der Waals surface area contributed by atoms with Crippen LogP contribution in [0, 0.1) is 6.92 Å². The fraction of sp³-hybridized carbons (Fsp3) is 0.0909. The molecule has 0 unspecified atom stereocenters. The van der Waals surface area contributed by atoms with Crippen molar-refractivity contribution in [1.29, 1.82) is 0 Å². The number of hydrogen-bond acceptors (Lipinski definition) is 2. The molecular formula is C11H8ClN3O. The predicted octanol–water partition coefficient (Wildman–Crippen LogP) is 2.37. The highest BCUT2D eigenvalue weighted by atomic mass is 35.5. The molecule has 0 saturated heterocycles. The van der Waals surface area contributed by atoms with Crippen molar-refractivity contribution in [2.24, 2.45) is 0 Å². The van der Waals surface area contributed by atoms with E-state index in [1.165, 1.54) is 0 Å². The Kier molecular flexibility index (Phi) is 1.82. The van der Waals surface area contributed by atoms with Crippen LogP contribution in [0.5, 0.6) is 0 Å². The fourth-order valence-corrected chi connectivity index (χ4v) is 2.14. The molecule has 2 N–H and O–H groups in total. The first kappa shape index (κ1) is 9.42. The van der Waals surface area contributed by atoms with E-state index in [4.69, 9.17) is 11.6 Å². The van der Waals surface area contributed by atoms with Gasteiger partial charge in [-0.2, -0.15) is 0 Å². The van der Waals surface area contributed by atoms with Crippen LogP contribution in [0.4, 0.5) is 0 Å². The Labute approximate surface area is 95.2 Å². The number of fused-ring (bicyclic) bond motifs is 3. The van der Waals surface area contributed by atoms with Crippen LogP contribution in [0.3, 0.4) is 0 Å². The predicted molar refractivity (Wildman–Crippen MR) is 64.0 cm³/mol. The van der Waals surface area contributed by atoms with Crippen LogP contribution in [0.2, 0.25) is 5.02 Å². The number of aromatic amines is 2. The van der Waals surface area contributed by atoms with Gasteiger partial charge in [0.15, 0.2) is 0 Å². The van der Waals surface area contributed by atoms with Gasteiger partial charge in [0.25, 0.3) is 5.56 Å². The number of aromatic nitrogens is 3. The molecule has 16 heavy (non-hydrogen) atoms. The third kappa shape index (κ3) is 1.10. The molecule has 0 amide bonds. The second kappa shape index (κ2) is 3.09. The average molecular weight is 234 g/mol. The highest BCUT2D eigenvalue weighted by Gasteiger charge is 2.10. The van der Waals surface area contributed by atoms with Gasteiger partial charge in [-0.25, -0.2) is 0 Å². The number of aryl methyl sites for hydroxylation is 1. The number of nitrogens with one attached hydrogen (secondary N) is 2. The molecule has 3 rings (SSSR count). The topological polar surface area (TPSA) is 61.5 Å². The van der Waals surface area contributed by atoms with E-state index < -0.39 is 0 Å². The Morgan fingerprint density at radius 1 is 1.31 bits per heavy atom. The molecule has 0 aliphatic heterocycles. The second-order valence-corrected chi connectivity index (χ2v) is 4.12. The van der Waals surface area contributed by atoms with Crippen LogP contribution in [-0.4, -0.2) is 15.2 Å². The summed E-state index contributed by atoms with van der Waals surface area (Å²) < 4.78 is 0. The SMILES string of the molecule is Cc1ccc(Cl)c2c1ncc1c(=O)[nH][nH]c12. The second-order valence-electron chi connectivity index (χ2n) is 3.71. The van der Waals surface area contributed by atoms with E-state index >= 15 is 0 Å². The summed E-state index contributed by atoms with van der Waals surface area (Å²) in [7, 11) is 0. The zero-order chi connectivity index (χ0) is 11.3. The van der Waals surface area contributed by atoms with Gasteiger partial charge in [0, 0.05) is 11.6 Å². The van der Waals surface area contributed by atoms with Gasteiger partial charge in [-0.05, 0) is 18.6 Å². The first-order valence-corrected chi connectivity index (χ1v) is 5.20. The van der Waals surface area contributed by atoms with Gasteiger partial charge in [-0.1, -0.05) is 17.7 Å². The van der Waals surface area contributed by atoms with Gasteiger partial charge < -0.3 is 0 Å². The molecule has 80 valence electrons. The molecular weight excluding hydrogens is 226 g/mol. The first-order valence-electron chi connectivity index (χ1n) is 4.82. The molecule has 0 saturated carbocycles. The number of rotatable bonds is 0. The van der Waals surface area contributed by atoms with Gasteiger partial charge in [0.2, 0.25) is 0 Å². The summed E-state index contributed by atoms with van der Waals surface area (Å²) in [6.07, 6.45) is 1.57. The number of hydrogen-bond donors (Lipinski definition) is 2. The minimum atomic E-state index is -0.179. The van der Waals surface area contributed by atoms with Crippen LogP contribution >= 0.6 is 11.6 Å². The summed E-state index contributed by atoms with van der Waals surface area (Å²) in [5.74, 6) is 0. The monoisotopic (exact) mass is 233 g/mol. The molecule has 0 aliphatic carbocycles. The summed E-state index contributed by atoms with van der Waals surface area (Å²) in [5, 5.41) is 7.28. The smallest absolute Gasteiger partial charge is 0.273 e. The largest absolute Gasteiger partial charge is 0.297 e. The van der Waals surface area contributed by atoms with E-state index in [0.29, 0.717) is 15.9 Å². The lowest BCUT2D eigenvalue weighted by Crippen LogP contribution is -1.97. The van der Waals surface area contributed by atoms with Crippen LogP contribution in [0.15, 0.2) is 23.1 Å². The summed E-state index contributed by atoms with van der Waals surface area (Å²) in [4.78, 5) is 15.7. The number of pyridine rings is 1. The first-order chi connectivity index (χ1) is 7.68. The van der Waals surface area contributed by atoms with Crippen LogP contribution in [0.1, 0.15) is 5.56 Å². The summed E-state index contributed by atoms with van der Waals surface area (Å²) in [6, 6.07) is 3.72. The van der Waals surface area contributed by atoms with Gasteiger partial charge in [0.05, 0.1) is 21.4 Å². The zero-order valence-electron chi connectivity index (χ0n) is 8.47. The number of benzene rings is 1. The van der Waals surface area contributed by atoms with E-state index in [-0.39, 0.29) is 5.56 Å². The molecule has 2 aromatic heterocycles. The quantitative estimate of drug-likeness (QED) is 0.626. The van der Waals surface area contributed by atoms with E-state index in [1.807, 2.05) is 19.1 Å². The molecule has 3 aromatic rings. The number of halogens is 1. The van der Waals surface area contributed by atoms with Crippen molar-refractivity contribution in [3.8, 4) is 0 Å². The lowest BCUT2D eigenvalue weighted by Gasteiger charge is -2.03. The van der Waals surface area contributed by atoms with Crippen molar-refractivity contribution in [2.75, 3.05) is 0 Å². The van der Waals surface area contributed by atoms with Gasteiger partial charge >= 0.3 is 0 Å². The Morgan fingerprint density at radius 2 is 2.12 bits per heavy atom. The van der Waals surface area contributed by atoms with E-state index in [1.54, 1.807) is 6.20 Å². The molecule has 0 radical (unpaired) electrons. The average Bonchev–Trinajstić information content (AvgIpc) is 2.66. The zero-order valence-corrected chi connectivity index (χ0v) is 9.22. The number of nitrogens with zero attached hydrogens (tertiary/aromatic N) is 1. The van der Waals surface area contributed by atoms with E-state index in [0.717, 1.165) is 16.5 Å². The van der Waals surface area contributed by atoms with Gasteiger partial charge in [-0.3, -0.25) is 20.0 Å². The molecule has 2 heterocycles. The van der Waals surface area contributed by atoms with Crippen LogP contribution < -0.4 is 5.56 Å². The normalized spacial score (nSPS) is 11.4. The molecule has 0 atom stereocenters. The minimum absolute atomic E-state index is 0.179. The highest BCUT2D eigenvalue weighted by molar-refractivity contribution is 6.37. The Hall–Kier alpha value is -1.81. The minimum Gasteiger partial charge on any atom is -0.297 e. The lowest BCUT2D eigenvalue weighted by molar-refractivity contribution is 1.08. The van der Waals surface area contributed by atoms with Gasteiger partial charge in [0.1, 0.15) is 0 Å². The molecule has 0 spiro atoms. The van der Waals surface area contributed by atoms with Crippen molar-refractivity contribution in [2.45, 2.75) is 6.92 Å². The molecule has 5 heteroatoms. The van der Waals surface area contributed by atoms with Crippen LogP contribution in [0.25, 0.3) is 21.8 Å². The summed E-state index contributed by atoms with van der Waals surface area (Å²) in [5.41, 5.74) is 2.38. The van der Waals surface area contributed by atoms with Crippen molar-refractivity contribution < 1.29 is 0 Å². The maximum Gasteiger partial charge on any atom is 0.273 e. The van der Waals surface area contributed by atoms with Crippen LogP contribution in [-0.2, 0) is 0 Å². The Bertz CT molecular complexity index is 757. The van der Waals surface area contributed by atoms with Crippen molar-refractivity contribution in [3.63, 3.8) is 0 Å². The van der Waals surface area contributed by atoms with E-state index in [9.17, 15) is 4.79 Å². The lowest BCUT2D eigenvalue weighted by atomic mass is 10.1. The maximum absolute atomic E-state index is 11.4. The van der Waals surface area contributed by atoms with Crippen molar-refractivity contribution in [1.82, 2.24) is 15.2 Å². The van der Waals surface area contributed by atoms with Gasteiger partial charge in [-0.15, -0.1) is 0 Å². The Balaban J connectivity index is 2.70. The molecule has 4 nitrogen and oxygen atoms in total. The third-order valence-electron chi connectivity index (χ3n) is 2.72. The Morgan fingerprint density at radius 3 is 2.94 bits per heavy atom.